The van der Waals surface area contributed by atoms with Crippen molar-refractivity contribution in [3.63, 3.8) is 0 Å². The molecule has 0 aromatic heterocycles. The van der Waals surface area contributed by atoms with Crippen molar-refractivity contribution in [3.05, 3.63) is 0 Å². The molecule has 0 saturated carbocycles. The van der Waals surface area contributed by atoms with E-state index in [0.29, 0.717) is 19.6 Å². The van der Waals surface area contributed by atoms with Gasteiger partial charge in [0.25, 0.3) is 0 Å². The number of ether oxygens (including phenoxy) is 2. The molecule has 0 aromatic rings. The summed E-state index contributed by atoms with van der Waals surface area (Å²) in [5.74, 6) is -0.618. The summed E-state index contributed by atoms with van der Waals surface area (Å²) < 4.78 is 10.6. The van der Waals surface area contributed by atoms with E-state index in [9.17, 15) is 9.59 Å². The summed E-state index contributed by atoms with van der Waals surface area (Å²) >= 11 is 0. The van der Waals surface area contributed by atoms with Crippen LogP contribution in [0.25, 0.3) is 0 Å². The minimum Gasteiger partial charge on any atom is -0.464 e. The van der Waals surface area contributed by atoms with Gasteiger partial charge in [-0.2, -0.15) is 0 Å². The first kappa shape index (κ1) is 16.9. The van der Waals surface area contributed by atoms with Gasteiger partial charge < -0.3 is 20.5 Å². The van der Waals surface area contributed by atoms with Crippen molar-refractivity contribution in [2.45, 2.75) is 58.3 Å². The summed E-state index contributed by atoms with van der Waals surface area (Å²) in [5.41, 5.74) is 5.52. The van der Waals surface area contributed by atoms with E-state index in [1.807, 2.05) is 13.8 Å². The highest BCUT2D eigenvalue weighted by Gasteiger charge is 2.34. The van der Waals surface area contributed by atoms with Crippen molar-refractivity contribution in [1.82, 2.24) is 5.32 Å². The van der Waals surface area contributed by atoms with Gasteiger partial charge in [-0.3, -0.25) is 4.79 Å². The summed E-state index contributed by atoms with van der Waals surface area (Å²) in [6.45, 7) is 6.35. The highest BCUT2D eigenvalue weighted by Crippen LogP contribution is 2.20. The van der Waals surface area contributed by atoms with Crippen molar-refractivity contribution in [2.75, 3.05) is 13.2 Å². The highest BCUT2D eigenvalue weighted by molar-refractivity contribution is 5.87. The van der Waals surface area contributed by atoms with Gasteiger partial charge in [-0.15, -0.1) is 0 Å². The Bertz CT molecular complexity index is 335. The second-order valence-corrected chi connectivity index (χ2v) is 5.18. The maximum absolute atomic E-state index is 12.2. The molecule has 0 aromatic carbocycles. The SMILES string of the molecule is CCOC(=O)C(NC(=O)[C@@H]1CC[C@H](CN)O1)C(C)CC. The number of carbonyl (C=O) groups excluding carboxylic acids is 2. The van der Waals surface area contributed by atoms with E-state index < -0.39 is 12.1 Å². The van der Waals surface area contributed by atoms with Gasteiger partial charge in [0.2, 0.25) is 5.91 Å². The van der Waals surface area contributed by atoms with Crippen LogP contribution in [0.5, 0.6) is 0 Å². The van der Waals surface area contributed by atoms with Crippen molar-refractivity contribution in [2.24, 2.45) is 11.7 Å². The fourth-order valence-corrected chi connectivity index (χ4v) is 2.22. The Balaban J connectivity index is 2.60. The Morgan fingerprint density at radius 1 is 1.40 bits per heavy atom. The van der Waals surface area contributed by atoms with E-state index in [4.69, 9.17) is 15.2 Å². The molecular weight excluding hydrogens is 260 g/mol. The number of esters is 1. The van der Waals surface area contributed by atoms with Crippen LogP contribution >= 0.6 is 0 Å². The van der Waals surface area contributed by atoms with Gasteiger partial charge in [0.05, 0.1) is 12.7 Å². The molecule has 1 rings (SSSR count). The summed E-state index contributed by atoms with van der Waals surface area (Å²) in [4.78, 5) is 24.1. The first-order valence-electron chi connectivity index (χ1n) is 7.35. The Labute approximate surface area is 120 Å². The largest absolute Gasteiger partial charge is 0.464 e. The van der Waals surface area contributed by atoms with Crippen molar-refractivity contribution in [1.29, 1.82) is 0 Å². The quantitative estimate of drug-likeness (QED) is 0.668. The lowest BCUT2D eigenvalue weighted by Crippen LogP contribution is -2.49. The molecule has 1 heterocycles. The molecule has 1 aliphatic heterocycles. The van der Waals surface area contributed by atoms with Crippen LogP contribution < -0.4 is 11.1 Å². The summed E-state index contributed by atoms with van der Waals surface area (Å²) in [7, 11) is 0. The van der Waals surface area contributed by atoms with Gasteiger partial charge in [-0.25, -0.2) is 4.79 Å². The average molecular weight is 286 g/mol. The summed E-state index contributed by atoms with van der Waals surface area (Å²) in [5, 5.41) is 2.76. The lowest BCUT2D eigenvalue weighted by molar-refractivity contribution is -0.150. The third kappa shape index (κ3) is 4.45. The number of rotatable bonds is 7. The Morgan fingerprint density at radius 2 is 2.10 bits per heavy atom. The molecule has 1 amide bonds. The third-order valence-corrected chi connectivity index (χ3v) is 3.71. The van der Waals surface area contributed by atoms with E-state index in [-0.39, 0.29) is 23.9 Å². The molecular formula is C14H26N2O4. The van der Waals surface area contributed by atoms with E-state index in [1.54, 1.807) is 6.92 Å². The van der Waals surface area contributed by atoms with Crippen LogP contribution in [-0.2, 0) is 19.1 Å². The van der Waals surface area contributed by atoms with Gasteiger partial charge >= 0.3 is 5.97 Å². The molecule has 1 aliphatic rings. The molecule has 0 bridgehead atoms. The molecule has 0 spiro atoms. The Kier molecular flexibility index (Phi) is 6.95. The van der Waals surface area contributed by atoms with Crippen LogP contribution in [0.4, 0.5) is 0 Å². The topological polar surface area (TPSA) is 90.7 Å². The van der Waals surface area contributed by atoms with E-state index in [0.717, 1.165) is 12.8 Å². The number of amides is 1. The van der Waals surface area contributed by atoms with Crippen molar-refractivity contribution < 1.29 is 19.1 Å². The second-order valence-electron chi connectivity index (χ2n) is 5.18. The molecule has 20 heavy (non-hydrogen) atoms. The fourth-order valence-electron chi connectivity index (χ4n) is 2.22. The van der Waals surface area contributed by atoms with Crippen LogP contribution in [-0.4, -0.2) is 43.3 Å². The van der Waals surface area contributed by atoms with Gasteiger partial charge in [0, 0.05) is 6.54 Å². The van der Waals surface area contributed by atoms with Crippen LogP contribution in [0.15, 0.2) is 0 Å². The zero-order valence-electron chi connectivity index (χ0n) is 12.6. The van der Waals surface area contributed by atoms with Crippen LogP contribution in [0.2, 0.25) is 0 Å². The number of hydrogen-bond donors (Lipinski definition) is 2. The monoisotopic (exact) mass is 286 g/mol. The smallest absolute Gasteiger partial charge is 0.328 e. The first-order valence-corrected chi connectivity index (χ1v) is 7.35. The predicted molar refractivity (Wildman–Crippen MR) is 75.0 cm³/mol. The van der Waals surface area contributed by atoms with Crippen molar-refractivity contribution in [3.8, 4) is 0 Å². The minimum absolute atomic E-state index is 0.0182. The van der Waals surface area contributed by atoms with Gasteiger partial charge in [0.15, 0.2) is 0 Å². The highest BCUT2D eigenvalue weighted by atomic mass is 16.5. The van der Waals surface area contributed by atoms with Gasteiger partial charge in [0.1, 0.15) is 12.1 Å². The normalized spacial score (nSPS) is 25.0. The predicted octanol–water partition coefficient (Wildman–Crippen LogP) is 0.587. The maximum atomic E-state index is 12.2. The standard InChI is InChI=1S/C14H26N2O4/c1-4-9(3)12(14(18)19-5-2)16-13(17)11-7-6-10(8-15)20-11/h9-12H,4-8,15H2,1-3H3,(H,16,17)/t9?,10-,11+,12?/m1/s1. The fraction of sp³-hybridized carbons (Fsp3) is 0.857. The minimum atomic E-state index is -0.618. The third-order valence-electron chi connectivity index (χ3n) is 3.71. The number of nitrogens with one attached hydrogen (secondary N) is 1. The molecule has 6 heteroatoms. The molecule has 3 N–H and O–H groups in total. The molecule has 0 aliphatic carbocycles. The van der Waals surface area contributed by atoms with Crippen molar-refractivity contribution >= 4 is 11.9 Å². The number of carbonyl (C=O) groups is 2. The lowest BCUT2D eigenvalue weighted by atomic mass is 9.99. The van der Waals surface area contributed by atoms with Gasteiger partial charge in [-0.05, 0) is 25.7 Å². The lowest BCUT2D eigenvalue weighted by Gasteiger charge is -2.24. The zero-order chi connectivity index (χ0) is 15.1. The van der Waals surface area contributed by atoms with Crippen LogP contribution in [0.1, 0.15) is 40.0 Å². The second kappa shape index (κ2) is 8.21. The van der Waals surface area contributed by atoms with E-state index in [2.05, 4.69) is 5.32 Å². The Hall–Kier alpha value is -1.14. The number of nitrogens with two attached hydrogens (primary N) is 1. The zero-order valence-corrected chi connectivity index (χ0v) is 12.6. The molecule has 6 nitrogen and oxygen atoms in total. The molecule has 1 saturated heterocycles. The molecule has 1 fully saturated rings. The summed E-state index contributed by atoms with van der Waals surface area (Å²) in [6.07, 6.45) is 1.63. The van der Waals surface area contributed by atoms with E-state index in [1.165, 1.54) is 0 Å². The van der Waals surface area contributed by atoms with Gasteiger partial charge in [-0.1, -0.05) is 20.3 Å². The molecule has 116 valence electrons. The summed E-state index contributed by atoms with van der Waals surface area (Å²) in [6, 6.07) is -0.618. The molecule has 4 atom stereocenters. The molecule has 0 radical (unpaired) electrons. The number of hydrogen-bond acceptors (Lipinski definition) is 5. The van der Waals surface area contributed by atoms with Crippen LogP contribution in [0.3, 0.4) is 0 Å². The first-order chi connectivity index (χ1) is 9.53. The van der Waals surface area contributed by atoms with E-state index >= 15 is 0 Å². The van der Waals surface area contributed by atoms with Crippen LogP contribution in [0, 0.1) is 5.92 Å². The maximum Gasteiger partial charge on any atom is 0.328 e. The molecule has 2 unspecified atom stereocenters. The Morgan fingerprint density at radius 3 is 2.60 bits per heavy atom. The average Bonchev–Trinajstić information content (AvgIpc) is 2.92.